The second kappa shape index (κ2) is 8.65. The maximum atomic E-state index is 13.2. The van der Waals surface area contributed by atoms with Crippen LogP contribution in [0.15, 0.2) is 54.6 Å². The minimum absolute atomic E-state index is 0.0645. The molecule has 32 heavy (non-hydrogen) atoms. The van der Waals surface area contributed by atoms with Crippen molar-refractivity contribution in [1.29, 1.82) is 0 Å². The lowest BCUT2D eigenvalue weighted by atomic mass is 10.2. The number of benzene rings is 2. The molecule has 1 saturated heterocycles. The summed E-state index contributed by atoms with van der Waals surface area (Å²) in [5.74, 6) is -0.156. The van der Waals surface area contributed by atoms with Crippen LogP contribution in [0.3, 0.4) is 0 Å². The van der Waals surface area contributed by atoms with Gasteiger partial charge in [0.1, 0.15) is 10.6 Å². The highest BCUT2D eigenvalue weighted by Crippen LogP contribution is 2.31. The first-order valence-electron chi connectivity index (χ1n) is 10.5. The van der Waals surface area contributed by atoms with Crippen molar-refractivity contribution in [2.24, 2.45) is 0 Å². The first kappa shape index (κ1) is 21.1. The molecular weight excluding hydrogens is 447 g/mol. The van der Waals surface area contributed by atoms with Crippen LogP contribution in [-0.4, -0.2) is 51.7 Å². The molecule has 1 amide bonds. The lowest BCUT2D eigenvalue weighted by Crippen LogP contribution is -2.48. The van der Waals surface area contributed by atoms with E-state index in [0.717, 1.165) is 51.7 Å². The number of piperazine rings is 1. The standard InChI is InChI=1S/C24H22ClFN4OS/c1-16-21-14-22(32-24(21)30(27-16)20-8-4-18(25)5-9-20)23(31)29-12-10-28(11-13-29)15-17-2-6-19(26)7-3-17/h2-9,14H,10-13,15H2,1H3. The lowest BCUT2D eigenvalue weighted by molar-refractivity contribution is 0.0633. The molecule has 1 aliphatic rings. The molecule has 5 nitrogen and oxygen atoms in total. The number of aromatic nitrogens is 2. The molecule has 0 aliphatic carbocycles. The maximum Gasteiger partial charge on any atom is 0.264 e. The van der Waals surface area contributed by atoms with Crippen molar-refractivity contribution in [1.82, 2.24) is 19.6 Å². The highest BCUT2D eigenvalue weighted by Gasteiger charge is 2.25. The smallest absolute Gasteiger partial charge is 0.264 e. The van der Waals surface area contributed by atoms with Crippen LogP contribution in [0.4, 0.5) is 4.39 Å². The maximum absolute atomic E-state index is 13.2. The van der Waals surface area contributed by atoms with Crippen molar-refractivity contribution in [2.45, 2.75) is 13.5 Å². The summed E-state index contributed by atoms with van der Waals surface area (Å²) in [5, 5.41) is 6.33. The fourth-order valence-electron chi connectivity index (χ4n) is 4.02. The monoisotopic (exact) mass is 468 g/mol. The molecule has 1 fully saturated rings. The Balaban J connectivity index is 1.29. The van der Waals surface area contributed by atoms with E-state index in [4.69, 9.17) is 11.6 Å². The zero-order valence-electron chi connectivity index (χ0n) is 17.6. The van der Waals surface area contributed by atoms with Gasteiger partial charge in [-0.15, -0.1) is 11.3 Å². The largest absolute Gasteiger partial charge is 0.335 e. The fourth-order valence-corrected chi connectivity index (χ4v) is 5.30. The van der Waals surface area contributed by atoms with Crippen LogP contribution in [0.25, 0.3) is 15.9 Å². The molecule has 5 rings (SSSR count). The highest BCUT2D eigenvalue weighted by atomic mass is 35.5. The Bertz CT molecular complexity index is 1260. The molecular formula is C24H22ClFN4OS. The van der Waals surface area contributed by atoms with Gasteiger partial charge in [0.05, 0.1) is 16.3 Å². The molecule has 0 bridgehead atoms. The number of halogens is 2. The molecule has 0 N–H and O–H groups in total. The minimum Gasteiger partial charge on any atom is -0.335 e. The number of fused-ring (bicyclic) bond motifs is 1. The number of aryl methyl sites for hydroxylation is 1. The average Bonchev–Trinajstić information content (AvgIpc) is 3.37. The predicted molar refractivity (Wildman–Crippen MR) is 126 cm³/mol. The zero-order valence-corrected chi connectivity index (χ0v) is 19.2. The third-order valence-corrected chi connectivity index (χ3v) is 7.16. The van der Waals surface area contributed by atoms with Gasteiger partial charge in [0.25, 0.3) is 5.91 Å². The number of thiophene rings is 1. The molecule has 2 aromatic heterocycles. The normalized spacial score (nSPS) is 14.9. The van der Waals surface area contributed by atoms with Gasteiger partial charge in [-0.3, -0.25) is 9.69 Å². The van der Waals surface area contributed by atoms with Crippen molar-refractivity contribution in [3.63, 3.8) is 0 Å². The summed E-state index contributed by atoms with van der Waals surface area (Å²) < 4.78 is 15.0. The zero-order chi connectivity index (χ0) is 22.2. The summed E-state index contributed by atoms with van der Waals surface area (Å²) in [7, 11) is 0. The molecule has 0 radical (unpaired) electrons. The SMILES string of the molecule is Cc1nn(-c2ccc(Cl)cc2)c2sc(C(=O)N3CCN(Cc4ccc(F)cc4)CC3)cc12. The summed E-state index contributed by atoms with van der Waals surface area (Å²) in [4.78, 5) is 19.1. The van der Waals surface area contributed by atoms with E-state index in [1.54, 1.807) is 0 Å². The Hall–Kier alpha value is -2.74. The van der Waals surface area contributed by atoms with E-state index in [2.05, 4.69) is 10.00 Å². The van der Waals surface area contributed by atoms with Crippen molar-refractivity contribution >= 4 is 39.1 Å². The highest BCUT2D eigenvalue weighted by molar-refractivity contribution is 7.20. The van der Waals surface area contributed by atoms with Gasteiger partial charge in [0.2, 0.25) is 0 Å². The van der Waals surface area contributed by atoms with Crippen LogP contribution in [0.5, 0.6) is 0 Å². The van der Waals surface area contributed by atoms with Crippen LogP contribution in [0.1, 0.15) is 20.9 Å². The minimum atomic E-state index is -0.220. The van der Waals surface area contributed by atoms with Gasteiger partial charge in [-0.25, -0.2) is 9.07 Å². The Morgan fingerprint density at radius 1 is 1.06 bits per heavy atom. The average molecular weight is 469 g/mol. The van der Waals surface area contributed by atoms with Crippen LogP contribution >= 0.6 is 22.9 Å². The van der Waals surface area contributed by atoms with Crippen LogP contribution in [-0.2, 0) is 6.54 Å². The summed E-state index contributed by atoms with van der Waals surface area (Å²) in [6.45, 7) is 5.68. The first-order valence-corrected chi connectivity index (χ1v) is 11.7. The number of rotatable bonds is 4. The van der Waals surface area contributed by atoms with E-state index in [-0.39, 0.29) is 11.7 Å². The number of hydrogen-bond donors (Lipinski definition) is 0. The first-order chi connectivity index (χ1) is 15.5. The third-order valence-electron chi connectivity index (χ3n) is 5.81. The second-order valence-corrected chi connectivity index (χ2v) is 9.47. The Morgan fingerprint density at radius 3 is 2.44 bits per heavy atom. The van der Waals surface area contributed by atoms with E-state index in [1.165, 1.54) is 23.5 Å². The molecule has 0 spiro atoms. The van der Waals surface area contributed by atoms with Crippen LogP contribution < -0.4 is 0 Å². The Morgan fingerprint density at radius 2 is 1.75 bits per heavy atom. The van der Waals surface area contributed by atoms with Crippen molar-refractivity contribution in [3.8, 4) is 5.69 Å². The molecule has 0 atom stereocenters. The summed E-state index contributed by atoms with van der Waals surface area (Å²) in [5.41, 5.74) is 2.90. The van der Waals surface area contributed by atoms with Crippen molar-refractivity contribution < 1.29 is 9.18 Å². The van der Waals surface area contributed by atoms with Gasteiger partial charge in [-0.2, -0.15) is 5.10 Å². The molecule has 0 saturated carbocycles. The lowest BCUT2D eigenvalue weighted by Gasteiger charge is -2.34. The molecule has 1 aliphatic heterocycles. The number of carbonyl (C=O) groups excluding carboxylic acids is 1. The number of amides is 1. The molecule has 4 aromatic rings. The van der Waals surface area contributed by atoms with E-state index in [0.29, 0.717) is 18.1 Å². The van der Waals surface area contributed by atoms with Gasteiger partial charge in [0, 0.05) is 43.1 Å². The Kier molecular flexibility index (Phi) is 5.71. The van der Waals surface area contributed by atoms with E-state index < -0.39 is 0 Å². The summed E-state index contributed by atoms with van der Waals surface area (Å²) in [6, 6.07) is 16.1. The van der Waals surface area contributed by atoms with Gasteiger partial charge < -0.3 is 4.90 Å². The van der Waals surface area contributed by atoms with Gasteiger partial charge >= 0.3 is 0 Å². The van der Waals surface area contributed by atoms with E-state index in [1.807, 2.05) is 59.0 Å². The predicted octanol–water partition coefficient (Wildman–Crippen LogP) is 5.15. The molecule has 2 aromatic carbocycles. The molecule has 0 unspecified atom stereocenters. The molecule has 164 valence electrons. The summed E-state index contributed by atoms with van der Waals surface area (Å²) in [6.07, 6.45) is 0. The molecule has 3 heterocycles. The molecule has 8 heteroatoms. The topological polar surface area (TPSA) is 41.4 Å². The second-order valence-electron chi connectivity index (χ2n) is 8.00. The van der Waals surface area contributed by atoms with Crippen molar-refractivity contribution in [3.05, 3.63) is 81.6 Å². The Labute approximate surface area is 194 Å². The number of nitrogens with zero attached hydrogens (tertiary/aromatic N) is 4. The van der Waals surface area contributed by atoms with E-state index >= 15 is 0 Å². The van der Waals surface area contributed by atoms with Gasteiger partial charge in [-0.05, 0) is 55.0 Å². The van der Waals surface area contributed by atoms with Crippen LogP contribution in [0, 0.1) is 12.7 Å². The van der Waals surface area contributed by atoms with E-state index in [9.17, 15) is 9.18 Å². The summed E-state index contributed by atoms with van der Waals surface area (Å²) >= 11 is 7.50. The number of hydrogen-bond acceptors (Lipinski definition) is 4. The number of carbonyl (C=O) groups is 1. The van der Waals surface area contributed by atoms with Gasteiger partial charge in [0.15, 0.2) is 0 Å². The fraction of sp³-hybridized carbons (Fsp3) is 0.250. The quantitative estimate of drug-likeness (QED) is 0.416. The third kappa shape index (κ3) is 4.16. The van der Waals surface area contributed by atoms with Gasteiger partial charge in [-0.1, -0.05) is 23.7 Å². The van der Waals surface area contributed by atoms with Crippen molar-refractivity contribution in [2.75, 3.05) is 26.2 Å². The van der Waals surface area contributed by atoms with Crippen LogP contribution in [0.2, 0.25) is 5.02 Å².